The summed E-state index contributed by atoms with van der Waals surface area (Å²) in [6, 6.07) is 20.1. The zero-order valence-corrected chi connectivity index (χ0v) is 29.9. The fourth-order valence-electron chi connectivity index (χ4n) is 5.21. The van der Waals surface area contributed by atoms with E-state index in [9.17, 15) is 40.8 Å². The molecule has 0 spiro atoms. The highest BCUT2D eigenvalue weighted by molar-refractivity contribution is 7.90. The first kappa shape index (κ1) is 38.5. The molecule has 0 aliphatic heterocycles. The molecule has 0 fully saturated rings. The molecule has 0 atom stereocenters. The molecule has 0 unspecified atom stereocenters. The molecule has 0 aliphatic carbocycles. The van der Waals surface area contributed by atoms with Gasteiger partial charge in [0, 0.05) is 23.2 Å². The second kappa shape index (κ2) is 15.1. The second-order valence-corrected chi connectivity index (χ2v) is 14.9. The summed E-state index contributed by atoms with van der Waals surface area (Å²) < 4.78 is 67.1. The maximum Gasteiger partial charge on any atom is 0.416 e. The number of halogens is 4. The number of urea groups is 1. The van der Waals surface area contributed by atoms with Gasteiger partial charge in [-0.05, 0) is 85.6 Å². The van der Waals surface area contributed by atoms with Crippen molar-refractivity contribution in [2.45, 2.75) is 50.3 Å². The minimum Gasteiger partial charge on any atom is -0.333 e. The van der Waals surface area contributed by atoms with Crippen molar-refractivity contribution in [3.8, 4) is 0 Å². The van der Waals surface area contributed by atoms with E-state index in [1.165, 1.54) is 12.1 Å². The molecule has 17 heteroatoms. The Balaban J connectivity index is 1.37. The molecule has 5 aromatic rings. The van der Waals surface area contributed by atoms with Crippen LogP contribution >= 0.6 is 11.6 Å². The Labute approximate surface area is 306 Å². The lowest BCUT2D eigenvalue weighted by molar-refractivity contribution is -0.137. The average Bonchev–Trinajstić information content (AvgIpc) is 3.07. The standard InChI is InChI=1S/C36H32ClF3N6O6S/c1-35(2,3)44-34(50)43-31-33(49)46(28(30(37)42-31)19-23-9-6-8-21-7-4-5-10-27(21)23)20-29(47)41-25-15-17-26(18-16-25)53(51,52)45-32(48)22-11-13-24(14-12-22)36(38,39)40/h4-18H,19-20H2,1-3H3,(H,41,47)(H,45,48)(H2,42,43,44,50). The fourth-order valence-corrected chi connectivity index (χ4v) is 6.44. The van der Waals surface area contributed by atoms with Crippen LogP contribution in [-0.4, -0.2) is 41.4 Å². The van der Waals surface area contributed by atoms with Gasteiger partial charge in [0.25, 0.3) is 21.5 Å². The average molecular weight is 769 g/mol. The number of amides is 4. The van der Waals surface area contributed by atoms with Crippen LogP contribution in [0.1, 0.15) is 48.0 Å². The van der Waals surface area contributed by atoms with E-state index < -0.39 is 63.1 Å². The molecule has 12 nitrogen and oxygen atoms in total. The minimum atomic E-state index is -4.64. The van der Waals surface area contributed by atoms with Crippen molar-refractivity contribution in [3.63, 3.8) is 0 Å². The number of hydrogen-bond donors (Lipinski definition) is 4. The van der Waals surface area contributed by atoms with Gasteiger partial charge in [-0.3, -0.25) is 24.3 Å². The smallest absolute Gasteiger partial charge is 0.333 e. The monoisotopic (exact) mass is 768 g/mol. The SMILES string of the molecule is CC(C)(C)NC(=O)Nc1nc(Cl)c(Cc2cccc3ccccc23)n(CC(=O)Nc2ccc(S(=O)(=O)NC(=O)c3ccc(C(F)(F)F)cc3)cc2)c1=O. The number of fused-ring (bicyclic) bond motifs is 1. The van der Waals surface area contributed by atoms with Crippen LogP contribution in [0.4, 0.5) is 29.5 Å². The number of aromatic nitrogens is 2. The van der Waals surface area contributed by atoms with Crippen LogP contribution < -0.4 is 26.2 Å². The number of carbonyl (C=O) groups excluding carboxylic acids is 3. The van der Waals surface area contributed by atoms with Gasteiger partial charge in [0.1, 0.15) is 6.54 Å². The van der Waals surface area contributed by atoms with Gasteiger partial charge < -0.3 is 10.6 Å². The van der Waals surface area contributed by atoms with Gasteiger partial charge in [-0.15, -0.1) is 0 Å². The number of nitrogens with zero attached hydrogens (tertiary/aromatic N) is 2. The minimum absolute atomic E-state index is 0.0922. The first-order chi connectivity index (χ1) is 24.8. The summed E-state index contributed by atoms with van der Waals surface area (Å²) in [6.07, 6.45) is -4.54. The Morgan fingerprint density at radius 1 is 0.849 bits per heavy atom. The third-order valence-electron chi connectivity index (χ3n) is 7.63. The fraction of sp³-hybridized carbons (Fsp3) is 0.194. The first-order valence-electron chi connectivity index (χ1n) is 15.8. The lowest BCUT2D eigenvalue weighted by Gasteiger charge is -2.21. The molecule has 4 aromatic carbocycles. The van der Waals surface area contributed by atoms with Gasteiger partial charge in [0.05, 0.1) is 16.2 Å². The molecule has 0 saturated heterocycles. The Kier molecular flexibility index (Phi) is 11.0. The molecule has 4 N–H and O–H groups in total. The molecule has 0 aliphatic rings. The van der Waals surface area contributed by atoms with E-state index in [0.717, 1.165) is 45.2 Å². The topological polar surface area (TPSA) is 168 Å². The molecule has 1 aromatic heterocycles. The maximum atomic E-state index is 13.8. The van der Waals surface area contributed by atoms with Crippen molar-refractivity contribution in [2.75, 3.05) is 10.6 Å². The van der Waals surface area contributed by atoms with Crippen LogP contribution in [0.5, 0.6) is 0 Å². The maximum absolute atomic E-state index is 13.8. The van der Waals surface area contributed by atoms with E-state index >= 15 is 0 Å². The van der Waals surface area contributed by atoms with Crippen molar-refractivity contribution in [2.24, 2.45) is 0 Å². The number of nitrogens with one attached hydrogen (secondary N) is 4. The summed E-state index contributed by atoms with van der Waals surface area (Å²) in [5.41, 5.74) is -1.68. The number of alkyl halides is 3. The lowest BCUT2D eigenvalue weighted by atomic mass is 10.0. The van der Waals surface area contributed by atoms with Crippen molar-refractivity contribution in [1.29, 1.82) is 0 Å². The second-order valence-electron chi connectivity index (χ2n) is 12.8. The zero-order valence-electron chi connectivity index (χ0n) is 28.3. The molecule has 53 heavy (non-hydrogen) atoms. The highest BCUT2D eigenvalue weighted by Crippen LogP contribution is 2.29. The molecular weight excluding hydrogens is 737 g/mol. The van der Waals surface area contributed by atoms with Crippen LogP contribution in [0.2, 0.25) is 5.15 Å². The van der Waals surface area contributed by atoms with Gasteiger partial charge in [-0.25, -0.2) is 22.9 Å². The Bertz CT molecular complexity index is 2370. The van der Waals surface area contributed by atoms with E-state index in [1.54, 1.807) is 25.5 Å². The number of hydrogen-bond acceptors (Lipinski definition) is 7. The van der Waals surface area contributed by atoms with E-state index in [1.807, 2.05) is 42.5 Å². The molecular formula is C36H32ClF3N6O6S. The summed E-state index contributed by atoms with van der Waals surface area (Å²) in [5.74, 6) is -2.29. The van der Waals surface area contributed by atoms with Crippen LogP contribution in [-0.2, 0) is 34.0 Å². The van der Waals surface area contributed by atoms with E-state index in [4.69, 9.17) is 11.6 Å². The van der Waals surface area contributed by atoms with Gasteiger partial charge in [-0.1, -0.05) is 54.1 Å². The number of rotatable bonds is 9. The third-order valence-corrected chi connectivity index (χ3v) is 9.28. The van der Waals surface area contributed by atoms with E-state index in [2.05, 4.69) is 20.9 Å². The Morgan fingerprint density at radius 2 is 1.49 bits per heavy atom. The molecule has 0 bridgehead atoms. The van der Waals surface area contributed by atoms with Crippen LogP contribution in [0, 0.1) is 0 Å². The summed E-state index contributed by atoms with van der Waals surface area (Å²) >= 11 is 6.62. The van der Waals surface area contributed by atoms with Crippen LogP contribution in [0.3, 0.4) is 0 Å². The van der Waals surface area contributed by atoms with Gasteiger partial charge in [0.15, 0.2) is 5.15 Å². The highest BCUT2D eigenvalue weighted by atomic mass is 35.5. The van der Waals surface area contributed by atoms with Crippen molar-refractivity contribution in [3.05, 3.63) is 129 Å². The number of sulfonamides is 1. The van der Waals surface area contributed by atoms with Gasteiger partial charge >= 0.3 is 12.2 Å². The van der Waals surface area contributed by atoms with Crippen molar-refractivity contribution >= 4 is 61.7 Å². The van der Waals surface area contributed by atoms with Crippen LogP contribution in [0.15, 0.2) is 101 Å². The van der Waals surface area contributed by atoms with Crippen molar-refractivity contribution < 1.29 is 36.0 Å². The lowest BCUT2D eigenvalue weighted by Crippen LogP contribution is -2.44. The molecule has 0 radical (unpaired) electrons. The normalized spacial score (nSPS) is 11.9. The summed E-state index contributed by atoms with van der Waals surface area (Å²) in [5, 5.41) is 9.32. The predicted molar refractivity (Wildman–Crippen MR) is 193 cm³/mol. The predicted octanol–water partition coefficient (Wildman–Crippen LogP) is 6.34. The van der Waals surface area contributed by atoms with Crippen molar-refractivity contribution in [1.82, 2.24) is 19.6 Å². The molecule has 5 rings (SSSR count). The van der Waals surface area contributed by atoms with Gasteiger partial charge in [0.2, 0.25) is 11.7 Å². The molecule has 1 heterocycles. The molecule has 276 valence electrons. The van der Waals surface area contributed by atoms with E-state index in [-0.39, 0.29) is 33.4 Å². The number of benzene rings is 4. The largest absolute Gasteiger partial charge is 0.416 e. The molecule has 4 amide bonds. The van der Waals surface area contributed by atoms with Gasteiger partial charge in [-0.2, -0.15) is 13.2 Å². The molecule has 0 saturated carbocycles. The number of carbonyl (C=O) groups is 3. The first-order valence-corrected chi connectivity index (χ1v) is 17.7. The quantitative estimate of drug-likeness (QED) is 0.136. The summed E-state index contributed by atoms with van der Waals surface area (Å²) in [7, 11) is -4.47. The van der Waals surface area contributed by atoms with Crippen LogP contribution in [0.25, 0.3) is 10.8 Å². The highest BCUT2D eigenvalue weighted by Gasteiger charge is 2.30. The third kappa shape index (κ3) is 9.58. The Morgan fingerprint density at radius 3 is 2.13 bits per heavy atom. The summed E-state index contributed by atoms with van der Waals surface area (Å²) in [4.78, 5) is 56.0. The van der Waals surface area contributed by atoms with E-state index in [0.29, 0.717) is 12.1 Å². The zero-order chi connectivity index (χ0) is 38.7. The summed E-state index contributed by atoms with van der Waals surface area (Å²) in [6.45, 7) is 4.64. The Hall–Kier alpha value is -5.74. The number of anilines is 2.